The van der Waals surface area contributed by atoms with E-state index in [1.165, 1.54) is 18.2 Å². The smallest absolute Gasteiger partial charge is 0.251 e. The third-order valence-corrected chi connectivity index (χ3v) is 4.22. The third-order valence-electron chi connectivity index (χ3n) is 4.22. The summed E-state index contributed by atoms with van der Waals surface area (Å²) in [6.45, 7) is 4.00. The first kappa shape index (κ1) is 18.5. The Kier molecular flexibility index (Phi) is 5.41. The van der Waals surface area contributed by atoms with Gasteiger partial charge >= 0.3 is 0 Å². The van der Waals surface area contributed by atoms with Gasteiger partial charge in [-0.05, 0) is 73.0 Å². The van der Waals surface area contributed by atoms with Gasteiger partial charge in [-0.2, -0.15) is 0 Å². The van der Waals surface area contributed by atoms with Gasteiger partial charge in [0.2, 0.25) is 0 Å². The van der Waals surface area contributed by atoms with Gasteiger partial charge in [0, 0.05) is 12.1 Å². The lowest BCUT2D eigenvalue weighted by molar-refractivity contribution is 0.0950. The van der Waals surface area contributed by atoms with E-state index in [1.807, 2.05) is 25.1 Å². The SMILES string of the molecule is Cc1ccc(C(=O)NCc2ccc(C)c(Oc3ccc(F)cc3)c2)cc1O. The Balaban J connectivity index is 1.69. The molecule has 5 heteroatoms. The van der Waals surface area contributed by atoms with Gasteiger partial charge < -0.3 is 15.2 Å². The highest BCUT2D eigenvalue weighted by atomic mass is 19.1. The molecule has 1 amide bonds. The molecule has 0 heterocycles. The molecule has 0 atom stereocenters. The number of rotatable bonds is 5. The van der Waals surface area contributed by atoms with E-state index >= 15 is 0 Å². The van der Waals surface area contributed by atoms with Crippen LogP contribution in [0.2, 0.25) is 0 Å². The van der Waals surface area contributed by atoms with Gasteiger partial charge in [-0.25, -0.2) is 4.39 Å². The first-order valence-electron chi connectivity index (χ1n) is 8.53. The molecule has 0 unspecified atom stereocenters. The average molecular weight is 365 g/mol. The molecular weight excluding hydrogens is 345 g/mol. The number of carbonyl (C=O) groups excluding carboxylic acids is 1. The summed E-state index contributed by atoms with van der Waals surface area (Å²) in [7, 11) is 0. The van der Waals surface area contributed by atoms with Gasteiger partial charge in [-0.3, -0.25) is 4.79 Å². The van der Waals surface area contributed by atoms with E-state index in [0.717, 1.165) is 11.1 Å². The zero-order chi connectivity index (χ0) is 19.4. The fourth-order valence-corrected chi connectivity index (χ4v) is 2.53. The van der Waals surface area contributed by atoms with Crippen LogP contribution in [0.15, 0.2) is 60.7 Å². The molecule has 0 fully saturated rings. The monoisotopic (exact) mass is 365 g/mol. The Morgan fingerprint density at radius 3 is 2.41 bits per heavy atom. The fourth-order valence-electron chi connectivity index (χ4n) is 2.53. The second-order valence-electron chi connectivity index (χ2n) is 6.34. The topological polar surface area (TPSA) is 58.6 Å². The van der Waals surface area contributed by atoms with Crippen molar-refractivity contribution in [2.24, 2.45) is 0 Å². The number of aromatic hydroxyl groups is 1. The van der Waals surface area contributed by atoms with E-state index in [0.29, 0.717) is 29.2 Å². The number of phenols is 1. The fraction of sp³-hybridized carbons (Fsp3) is 0.136. The summed E-state index contributed by atoms with van der Waals surface area (Å²) in [5.74, 6) is 0.676. The van der Waals surface area contributed by atoms with Crippen LogP contribution in [-0.2, 0) is 6.54 Å². The molecule has 138 valence electrons. The number of aryl methyl sites for hydroxylation is 2. The summed E-state index contributed by atoms with van der Waals surface area (Å²) in [5, 5.41) is 12.6. The Hall–Kier alpha value is -3.34. The van der Waals surface area contributed by atoms with Crippen molar-refractivity contribution in [2.75, 3.05) is 0 Å². The Bertz CT molecular complexity index is 968. The van der Waals surface area contributed by atoms with Crippen molar-refractivity contribution < 1.29 is 19.0 Å². The van der Waals surface area contributed by atoms with Gasteiger partial charge in [-0.15, -0.1) is 0 Å². The van der Waals surface area contributed by atoms with Crippen LogP contribution >= 0.6 is 0 Å². The van der Waals surface area contributed by atoms with Crippen LogP contribution in [-0.4, -0.2) is 11.0 Å². The lowest BCUT2D eigenvalue weighted by Gasteiger charge is -2.12. The van der Waals surface area contributed by atoms with Crippen molar-refractivity contribution in [3.8, 4) is 17.2 Å². The Labute approximate surface area is 157 Å². The number of amides is 1. The summed E-state index contributed by atoms with van der Waals surface area (Å²) in [6, 6.07) is 16.3. The minimum Gasteiger partial charge on any atom is -0.508 e. The van der Waals surface area contributed by atoms with Crippen LogP contribution in [0.1, 0.15) is 27.0 Å². The minimum atomic E-state index is -0.322. The Morgan fingerprint density at radius 2 is 1.70 bits per heavy atom. The number of nitrogens with one attached hydrogen (secondary N) is 1. The second kappa shape index (κ2) is 7.91. The molecular formula is C22H20FNO3. The van der Waals surface area contributed by atoms with Crippen LogP contribution in [0.25, 0.3) is 0 Å². The van der Waals surface area contributed by atoms with E-state index in [-0.39, 0.29) is 17.5 Å². The van der Waals surface area contributed by atoms with E-state index in [4.69, 9.17) is 4.74 Å². The van der Waals surface area contributed by atoms with Crippen molar-refractivity contribution in [3.63, 3.8) is 0 Å². The molecule has 4 nitrogen and oxygen atoms in total. The van der Waals surface area contributed by atoms with Crippen LogP contribution < -0.4 is 10.1 Å². The molecule has 3 aromatic carbocycles. The molecule has 0 saturated carbocycles. The minimum absolute atomic E-state index is 0.0907. The highest BCUT2D eigenvalue weighted by Gasteiger charge is 2.09. The number of carbonyl (C=O) groups is 1. The zero-order valence-corrected chi connectivity index (χ0v) is 15.1. The molecule has 3 rings (SSSR count). The van der Waals surface area contributed by atoms with Crippen LogP contribution in [0.4, 0.5) is 4.39 Å². The van der Waals surface area contributed by atoms with Gasteiger partial charge in [0.1, 0.15) is 23.1 Å². The number of halogens is 1. The molecule has 0 spiro atoms. The molecule has 3 aromatic rings. The number of hydrogen-bond acceptors (Lipinski definition) is 3. The molecule has 0 bridgehead atoms. The van der Waals surface area contributed by atoms with Crippen LogP contribution in [0.3, 0.4) is 0 Å². The lowest BCUT2D eigenvalue weighted by atomic mass is 10.1. The molecule has 0 radical (unpaired) electrons. The zero-order valence-electron chi connectivity index (χ0n) is 15.1. The van der Waals surface area contributed by atoms with Crippen molar-refractivity contribution in [1.29, 1.82) is 0 Å². The van der Waals surface area contributed by atoms with Gasteiger partial charge in [0.15, 0.2) is 0 Å². The van der Waals surface area contributed by atoms with Crippen molar-refractivity contribution >= 4 is 5.91 Å². The number of ether oxygens (including phenoxy) is 1. The maximum Gasteiger partial charge on any atom is 0.251 e. The molecule has 2 N–H and O–H groups in total. The van der Waals surface area contributed by atoms with Crippen LogP contribution in [0, 0.1) is 19.7 Å². The Morgan fingerprint density at radius 1 is 1.00 bits per heavy atom. The number of phenolic OH excluding ortho intramolecular Hbond substituents is 1. The lowest BCUT2D eigenvalue weighted by Crippen LogP contribution is -2.22. The molecule has 0 saturated heterocycles. The molecule has 0 aliphatic heterocycles. The maximum absolute atomic E-state index is 13.0. The number of hydrogen-bond donors (Lipinski definition) is 2. The van der Waals surface area contributed by atoms with E-state index < -0.39 is 0 Å². The predicted molar refractivity (Wildman–Crippen MR) is 102 cm³/mol. The summed E-state index contributed by atoms with van der Waals surface area (Å²) in [4.78, 5) is 12.3. The normalized spacial score (nSPS) is 10.5. The summed E-state index contributed by atoms with van der Waals surface area (Å²) in [6.07, 6.45) is 0. The van der Waals surface area contributed by atoms with E-state index in [1.54, 1.807) is 31.2 Å². The molecule has 0 aliphatic rings. The van der Waals surface area contributed by atoms with Crippen molar-refractivity contribution in [3.05, 3.63) is 88.7 Å². The van der Waals surface area contributed by atoms with Gasteiger partial charge in [0.25, 0.3) is 5.91 Å². The summed E-state index contributed by atoms with van der Waals surface area (Å²) >= 11 is 0. The highest BCUT2D eigenvalue weighted by molar-refractivity contribution is 5.94. The number of benzene rings is 3. The standard InChI is InChI=1S/C22H20FNO3/c1-14-4-6-17(12-20(14)25)22(26)24-13-16-5-3-15(2)21(11-16)27-19-9-7-18(23)8-10-19/h3-12,25H,13H2,1-2H3,(H,24,26). The average Bonchev–Trinajstić information content (AvgIpc) is 2.66. The van der Waals surface area contributed by atoms with Gasteiger partial charge in [-0.1, -0.05) is 18.2 Å². The van der Waals surface area contributed by atoms with Crippen molar-refractivity contribution in [1.82, 2.24) is 5.32 Å². The third kappa shape index (κ3) is 4.64. The highest BCUT2D eigenvalue weighted by Crippen LogP contribution is 2.26. The largest absolute Gasteiger partial charge is 0.508 e. The first-order chi connectivity index (χ1) is 12.9. The van der Waals surface area contributed by atoms with E-state index in [9.17, 15) is 14.3 Å². The predicted octanol–water partition coefficient (Wildman–Crippen LogP) is 4.87. The van der Waals surface area contributed by atoms with Crippen LogP contribution in [0.5, 0.6) is 17.2 Å². The molecule has 0 aliphatic carbocycles. The molecule has 27 heavy (non-hydrogen) atoms. The summed E-state index contributed by atoms with van der Waals surface area (Å²) < 4.78 is 18.8. The summed E-state index contributed by atoms with van der Waals surface area (Å²) in [5.41, 5.74) is 2.90. The van der Waals surface area contributed by atoms with Crippen molar-refractivity contribution in [2.45, 2.75) is 20.4 Å². The molecule has 0 aromatic heterocycles. The second-order valence-corrected chi connectivity index (χ2v) is 6.34. The first-order valence-corrected chi connectivity index (χ1v) is 8.53. The maximum atomic E-state index is 13.0. The quantitative estimate of drug-likeness (QED) is 0.678. The van der Waals surface area contributed by atoms with E-state index in [2.05, 4.69) is 5.32 Å². The van der Waals surface area contributed by atoms with Gasteiger partial charge in [0.05, 0.1) is 0 Å².